The lowest BCUT2D eigenvalue weighted by Crippen LogP contribution is -2.11. The van der Waals surface area contributed by atoms with E-state index >= 15 is 0 Å². The molecule has 0 aliphatic rings. The largest absolute Gasteiger partial charge is 0.397 e. The van der Waals surface area contributed by atoms with Crippen LogP contribution in [0.2, 0.25) is 5.02 Å². The number of halogens is 2. The van der Waals surface area contributed by atoms with Crippen molar-refractivity contribution in [3.8, 4) is 0 Å². The first-order valence-electron chi connectivity index (χ1n) is 5.39. The molecule has 2 rings (SSSR count). The molecule has 0 aliphatic carbocycles. The number of primary amides is 1. The zero-order valence-corrected chi connectivity index (χ0v) is 10.5. The predicted octanol–water partition coefficient (Wildman–Crippen LogP) is 2.90. The molecule has 0 atom stereocenters. The maximum atomic E-state index is 12.9. The predicted molar refractivity (Wildman–Crippen MR) is 74.1 cm³/mol. The summed E-state index contributed by atoms with van der Waals surface area (Å²) in [7, 11) is 0. The molecule has 19 heavy (non-hydrogen) atoms. The Kier molecular flexibility index (Phi) is 3.57. The SMILES string of the molecule is NC(=O)c1ccc(N)c(Nc2ccc(F)cc2Cl)c1. The first-order valence-corrected chi connectivity index (χ1v) is 5.76. The maximum absolute atomic E-state index is 12.9. The smallest absolute Gasteiger partial charge is 0.248 e. The van der Waals surface area contributed by atoms with Crippen molar-refractivity contribution in [3.05, 3.63) is 52.8 Å². The van der Waals surface area contributed by atoms with Crippen LogP contribution in [0, 0.1) is 5.82 Å². The van der Waals surface area contributed by atoms with Crippen molar-refractivity contribution in [3.63, 3.8) is 0 Å². The highest BCUT2D eigenvalue weighted by Gasteiger charge is 2.08. The highest BCUT2D eigenvalue weighted by Crippen LogP contribution is 2.29. The number of anilines is 3. The second-order valence-electron chi connectivity index (χ2n) is 3.92. The minimum absolute atomic E-state index is 0.212. The number of nitrogens with one attached hydrogen (secondary N) is 1. The van der Waals surface area contributed by atoms with Gasteiger partial charge in [0, 0.05) is 5.56 Å². The van der Waals surface area contributed by atoms with Crippen LogP contribution in [-0.4, -0.2) is 5.91 Å². The van der Waals surface area contributed by atoms with Crippen LogP contribution >= 0.6 is 11.6 Å². The van der Waals surface area contributed by atoms with Gasteiger partial charge in [0.15, 0.2) is 0 Å². The Bertz CT molecular complexity index is 646. The molecule has 1 amide bonds. The van der Waals surface area contributed by atoms with E-state index in [2.05, 4.69) is 5.32 Å². The van der Waals surface area contributed by atoms with Gasteiger partial charge in [-0.1, -0.05) is 11.6 Å². The van der Waals surface area contributed by atoms with E-state index in [0.29, 0.717) is 22.6 Å². The average Bonchev–Trinajstić information content (AvgIpc) is 2.34. The molecule has 6 heteroatoms. The molecular formula is C13H11ClFN3O. The summed E-state index contributed by atoms with van der Waals surface area (Å²) in [6.45, 7) is 0. The molecular weight excluding hydrogens is 269 g/mol. The Labute approximate surface area is 114 Å². The molecule has 0 aromatic heterocycles. The summed E-state index contributed by atoms with van der Waals surface area (Å²) >= 11 is 5.90. The van der Waals surface area contributed by atoms with Crippen LogP contribution in [-0.2, 0) is 0 Å². The molecule has 0 heterocycles. The highest BCUT2D eigenvalue weighted by molar-refractivity contribution is 6.33. The van der Waals surface area contributed by atoms with Gasteiger partial charge in [0.1, 0.15) is 5.82 Å². The van der Waals surface area contributed by atoms with Crippen molar-refractivity contribution in [2.45, 2.75) is 0 Å². The van der Waals surface area contributed by atoms with E-state index < -0.39 is 11.7 Å². The normalized spacial score (nSPS) is 10.2. The highest BCUT2D eigenvalue weighted by atomic mass is 35.5. The monoisotopic (exact) mass is 279 g/mol. The first-order chi connectivity index (χ1) is 8.97. The Balaban J connectivity index is 2.37. The molecule has 0 bridgehead atoms. The van der Waals surface area contributed by atoms with Gasteiger partial charge >= 0.3 is 0 Å². The van der Waals surface area contributed by atoms with Crippen molar-refractivity contribution in [2.75, 3.05) is 11.1 Å². The standard InChI is InChI=1S/C13H11ClFN3O/c14-9-6-8(15)2-4-11(9)18-12-5-7(13(17)19)1-3-10(12)16/h1-6,18H,16H2,(H2,17,19). The number of nitrogen functional groups attached to an aromatic ring is 1. The summed E-state index contributed by atoms with van der Waals surface area (Å²) in [5.41, 5.74) is 12.7. The number of carbonyl (C=O) groups is 1. The molecule has 98 valence electrons. The lowest BCUT2D eigenvalue weighted by Gasteiger charge is -2.11. The van der Waals surface area contributed by atoms with Crippen molar-refractivity contribution in [2.24, 2.45) is 5.73 Å². The van der Waals surface area contributed by atoms with Gasteiger partial charge in [-0.3, -0.25) is 4.79 Å². The fraction of sp³-hybridized carbons (Fsp3) is 0. The maximum Gasteiger partial charge on any atom is 0.248 e. The molecule has 0 saturated heterocycles. The van der Waals surface area contributed by atoms with Crippen LogP contribution in [0.1, 0.15) is 10.4 Å². The van der Waals surface area contributed by atoms with E-state index in [9.17, 15) is 9.18 Å². The summed E-state index contributed by atoms with van der Waals surface area (Å²) in [5.74, 6) is -0.998. The molecule has 5 N–H and O–H groups in total. The van der Waals surface area contributed by atoms with Crippen molar-refractivity contribution >= 4 is 34.6 Å². The Hall–Kier alpha value is -2.27. The van der Waals surface area contributed by atoms with Gasteiger partial charge < -0.3 is 16.8 Å². The van der Waals surface area contributed by atoms with Crippen LogP contribution in [0.15, 0.2) is 36.4 Å². The minimum Gasteiger partial charge on any atom is -0.397 e. The van der Waals surface area contributed by atoms with Crippen LogP contribution in [0.4, 0.5) is 21.5 Å². The van der Waals surface area contributed by atoms with E-state index in [1.807, 2.05) is 0 Å². The van der Waals surface area contributed by atoms with Gasteiger partial charge in [0.05, 0.1) is 22.1 Å². The zero-order valence-electron chi connectivity index (χ0n) is 9.78. The first kappa shape index (κ1) is 13.2. The van der Waals surface area contributed by atoms with Gasteiger partial charge in [0.25, 0.3) is 0 Å². The molecule has 4 nitrogen and oxygen atoms in total. The van der Waals surface area contributed by atoms with E-state index in [0.717, 1.165) is 0 Å². The van der Waals surface area contributed by atoms with Crippen LogP contribution in [0.25, 0.3) is 0 Å². The number of benzene rings is 2. The summed E-state index contributed by atoms with van der Waals surface area (Å²) in [6, 6.07) is 8.51. The summed E-state index contributed by atoms with van der Waals surface area (Å²) < 4.78 is 12.9. The van der Waals surface area contributed by atoms with Gasteiger partial charge in [-0.05, 0) is 36.4 Å². The van der Waals surface area contributed by atoms with Crippen molar-refractivity contribution in [1.29, 1.82) is 0 Å². The molecule has 0 unspecified atom stereocenters. The lowest BCUT2D eigenvalue weighted by atomic mass is 10.1. The third-order valence-corrected chi connectivity index (χ3v) is 2.85. The number of hydrogen-bond donors (Lipinski definition) is 3. The second kappa shape index (κ2) is 5.16. The van der Waals surface area contributed by atoms with E-state index in [1.165, 1.54) is 30.3 Å². The summed E-state index contributed by atoms with van der Waals surface area (Å²) in [6.07, 6.45) is 0. The Morgan fingerprint density at radius 3 is 2.53 bits per heavy atom. The Morgan fingerprint density at radius 1 is 1.16 bits per heavy atom. The van der Waals surface area contributed by atoms with Gasteiger partial charge in [-0.15, -0.1) is 0 Å². The number of rotatable bonds is 3. The minimum atomic E-state index is -0.562. The molecule has 0 radical (unpaired) electrons. The van der Waals surface area contributed by atoms with Gasteiger partial charge in [-0.25, -0.2) is 4.39 Å². The van der Waals surface area contributed by atoms with Gasteiger partial charge in [0.2, 0.25) is 5.91 Å². The van der Waals surface area contributed by atoms with E-state index in [-0.39, 0.29) is 5.02 Å². The number of amides is 1. The van der Waals surface area contributed by atoms with Crippen molar-refractivity contribution in [1.82, 2.24) is 0 Å². The Morgan fingerprint density at radius 2 is 1.89 bits per heavy atom. The summed E-state index contributed by atoms with van der Waals surface area (Å²) in [5, 5.41) is 3.14. The number of carbonyl (C=O) groups excluding carboxylic acids is 1. The fourth-order valence-corrected chi connectivity index (χ4v) is 1.77. The van der Waals surface area contributed by atoms with Crippen molar-refractivity contribution < 1.29 is 9.18 Å². The second-order valence-corrected chi connectivity index (χ2v) is 4.32. The molecule has 2 aromatic carbocycles. The van der Waals surface area contributed by atoms with Crippen LogP contribution in [0.3, 0.4) is 0 Å². The van der Waals surface area contributed by atoms with E-state index in [1.54, 1.807) is 6.07 Å². The quantitative estimate of drug-likeness (QED) is 0.756. The topological polar surface area (TPSA) is 81.1 Å². The number of nitrogens with two attached hydrogens (primary N) is 2. The fourth-order valence-electron chi connectivity index (χ4n) is 1.55. The average molecular weight is 280 g/mol. The summed E-state index contributed by atoms with van der Waals surface area (Å²) in [4.78, 5) is 11.1. The molecule has 0 saturated carbocycles. The number of hydrogen-bond acceptors (Lipinski definition) is 3. The van der Waals surface area contributed by atoms with E-state index in [4.69, 9.17) is 23.1 Å². The van der Waals surface area contributed by atoms with Gasteiger partial charge in [-0.2, -0.15) is 0 Å². The van der Waals surface area contributed by atoms with Crippen LogP contribution < -0.4 is 16.8 Å². The lowest BCUT2D eigenvalue weighted by molar-refractivity contribution is 0.100. The molecule has 0 spiro atoms. The van der Waals surface area contributed by atoms with Crippen LogP contribution in [0.5, 0.6) is 0 Å². The third-order valence-electron chi connectivity index (χ3n) is 2.54. The molecule has 0 aliphatic heterocycles. The zero-order chi connectivity index (χ0) is 14.0. The third kappa shape index (κ3) is 2.95. The molecule has 2 aromatic rings. The molecule has 0 fully saturated rings.